The minimum atomic E-state index is -1.45. The highest BCUT2D eigenvalue weighted by Gasteiger charge is 2.21. The second-order valence-corrected chi connectivity index (χ2v) is 4.00. The SMILES string of the molecule is CCn1ncnc1CC(O)c1c(F)cc(F)cc1F. The number of benzene rings is 1. The molecule has 1 aromatic heterocycles. The van der Waals surface area contributed by atoms with Gasteiger partial charge in [0.1, 0.15) is 29.6 Å². The summed E-state index contributed by atoms with van der Waals surface area (Å²) in [5.41, 5.74) is -0.563. The van der Waals surface area contributed by atoms with Gasteiger partial charge < -0.3 is 5.11 Å². The monoisotopic (exact) mass is 271 g/mol. The molecule has 1 aromatic carbocycles. The zero-order valence-corrected chi connectivity index (χ0v) is 10.1. The zero-order valence-electron chi connectivity index (χ0n) is 10.1. The molecule has 1 atom stereocenters. The lowest BCUT2D eigenvalue weighted by atomic mass is 10.0. The van der Waals surface area contributed by atoms with Crippen molar-refractivity contribution in [1.29, 1.82) is 0 Å². The highest BCUT2D eigenvalue weighted by atomic mass is 19.1. The fourth-order valence-corrected chi connectivity index (χ4v) is 1.86. The Balaban J connectivity index is 2.28. The summed E-state index contributed by atoms with van der Waals surface area (Å²) in [5.74, 6) is -2.86. The maximum atomic E-state index is 13.5. The summed E-state index contributed by atoms with van der Waals surface area (Å²) in [4.78, 5) is 3.90. The third kappa shape index (κ3) is 2.76. The lowest BCUT2D eigenvalue weighted by molar-refractivity contribution is 0.164. The van der Waals surface area contributed by atoms with Crippen molar-refractivity contribution >= 4 is 0 Å². The van der Waals surface area contributed by atoms with Crippen molar-refractivity contribution in [2.24, 2.45) is 0 Å². The molecule has 1 unspecified atom stereocenters. The van der Waals surface area contributed by atoms with E-state index in [0.717, 1.165) is 0 Å². The van der Waals surface area contributed by atoms with Gasteiger partial charge in [-0.2, -0.15) is 5.10 Å². The van der Waals surface area contributed by atoms with Gasteiger partial charge in [0.25, 0.3) is 0 Å². The van der Waals surface area contributed by atoms with Gasteiger partial charge in [-0.05, 0) is 6.92 Å². The van der Waals surface area contributed by atoms with Crippen LogP contribution >= 0.6 is 0 Å². The number of aliphatic hydroxyl groups excluding tert-OH is 1. The van der Waals surface area contributed by atoms with Crippen molar-refractivity contribution in [3.8, 4) is 0 Å². The Kier molecular flexibility index (Phi) is 3.84. The van der Waals surface area contributed by atoms with Crippen LogP contribution in [0.2, 0.25) is 0 Å². The first kappa shape index (κ1) is 13.5. The second-order valence-electron chi connectivity index (χ2n) is 4.00. The maximum absolute atomic E-state index is 13.5. The average molecular weight is 271 g/mol. The van der Waals surface area contributed by atoms with Gasteiger partial charge in [-0.25, -0.2) is 18.2 Å². The van der Waals surface area contributed by atoms with Crippen LogP contribution in [0, 0.1) is 17.5 Å². The standard InChI is InChI=1S/C12H12F3N3O/c1-2-18-11(16-6-17-18)5-10(19)12-8(14)3-7(13)4-9(12)15/h3-4,6,10,19H,2,5H2,1H3. The number of halogens is 3. The Hall–Kier alpha value is -1.89. The number of aromatic nitrogens is 3. The zero-order chi connectivity index (χ0) is 14.0. The van der Waals surface area contributed by atoms with E-state index in [-0.39, 0.29) is 6.42 Å². The molecule has 0 fully saturated rings. The van der Waals surface area contributed by atoms with Gasteiger partial charge in [0.2, 0.25) is 0 Å². The number of hydrogen-bond donors (Lipinski definition) is 1. The van der Waals surface area contributed by atoms with Gasteiger partial charge in [-0.1, -0.05) is 0 Å². The van der Waals surface area contributed by atoms with E-state index >= 15 is 0 Å². The number of hydrogen-bond acceptors (Lipinski definition) is 3. The van der Waals surface area contributed by atoms with Gasteiger partial charge in [0, 0.05) is 25.1 Å². The lowest BCUT2D eigenvalue weighted by Crippen LogP contribution is -2.12. The van der Waals surface area contributed by atoms with Crippen LogP contribution in [0.15, 0.2) is 18.5 Å². The maximum Gasteiger partial charge on any atom is 0.138 e. The summed E-state index contributed by atoms with van der Waals surface area (Å²) in [7, 11) is 0. The van der Waals surface area contributed by atoms with Crippen molar-refractivity contribution in [2.45, 2.75) is 26.0 Å². The summed E-state index contributed by atoms with van der Waals surface area (Å²) in [6, 6.07) is 1.07. The molecule has 1 heterocycles. The summed E-state index contributed by atoms with van der Waals surface area (Å²) < 4.78 is 41.3. The summed E-state index contributed by atoms with van der Waals surface area (Å²) in [5, 5.41) is 13.8. The van der Waals surface area contributed by atoms with Crippen molar-refractivity contribution in [3.05, 3.63) is 47.3 Å². The first-order valence-electron chi connectivity index (χ1n) is 5.72. The van der Waals surface area contributed by atoms with Crippen LogP contribution in [0.5, 0.6) is 0 Å². The second kappa shape index (κ2) is 5.40. The van der Waals surface area contributed by atoms with Crippen molar-refractivity contribution in [2.75, 3.05) is 0 Å². The molecule has 0 radical (unpaired) electrons. The number of nitrogens with zero attached hydrogens (tertiary/aromatic N) is 3. The van der Waals surface area contributed by atoms with Crippen molar-refractivity contribution in [1.82, 2.24) is 14.8 Å². The Bertz CT molecular complexity index is 562. The molecule has 0 bridgehead atoms. The molecule has 7 heteroatoms. The molecular formula is C12H12F3N3O. The van der Waals surface area contributed by atoms with E-state index in [9.17, 15) is 18.3 Å². The Morgan fingerprint density at radius 1 is 1.26 bits per heavy atom. The molecule has 1 N–H and O–H groups in total. The summed E-state index contributed by atoms with van der Waals surface area (Å²) in [6.07, 6.45) is -0.258. The molecular weight excluding hydrogens is 259 g/mol. The summed E-state index contributed by atoms with van der Waals surface area (Å²) in [6.45, 7) is 2.35. The molecule has 0 aliphatic heterocycles. The lowest BCUT2D eigenvalue weighted by Gasteiger charge is -2.13. The molecule has 0 amide bonds. The van der Waals surface area contributed by atoms with E-state index in [0.29, 0.717) is 24.5 Å². The van der Waals surface area contributed by atoms with Crippen LogP contribution in [0.4, 0.5) is 13.2 Å². The quantitative estimate of drug-likeness (QED) is 0.925. The Morgan fingerprint density at radius 3 is 2.47 bits per heavy atom. The van der Waals surface area contributed by atoms with Crippen molar-refractivity contribution in [3.63, 3.8) is 0 Å². The number of aryl methyl sites for hydroxylation is 1. The highest BCUT2D eigenvalue weighted by Crippen LogP contribution is 2.24. The van der Waals surface area contributed by atoms with E-state index < -0.39 is 29.1 Å². The molecule has 102 valence electrons. The van der Waals surface area contributed by atoms with E-state index in [1.165, 1.54) is 11.0 Å². The predicted octanol–water partition coefficient (Wildman–Crippen LogP) is 1.99. The largest absolute Gasteiger partial charge is 0.388 e. The molecule has 0 aliphatic carbocycles. The van der Waals surface area contributed by atoms with Crippen LogP contribution in [0.25, 0.3) is 0 Å². The fourth-order valence-electron chi connectivity index (χ4n) is 1.86. The average Bonchev–Trinajstić information content (AvgIpc) is 2.74. The normalized spacial score (nSPS) is 12.7. The van der Waals surface area contributed by atoms with Gasteiger partial charge in [0.05, 0.1) is 11.7 Å². The smallest absolute Gasteiger partial charge is 0.138 e. The molecule has 4 nitrogen and oxygen atoms in total. The van der Waals surface area contributed by atoms with E-state index in [2.05, 4.69) is 10.1 Å². The molecule has 2 rings (SSSR count). The first-order valence-corrected chi connectivity index (χ1v) is 5.72. The molecule has 2 aromatic rings. The molecule has 0 saturated carbocycles. The van der Waals surface area contributed by atoms with E-state index in [1.54, 1.807) is 0 Å². The van der Waals surface area contributed by atoms with Gasteiger partial charge in [0.15, 0.2) is 0 Å². The van der Waals surface area contributed by atoms with Gasteiger partial charge in [-0.15, -0.1) is 0 Å². The van der Waals surface area contributed by atoms with Crippen molar-refractivity contribution < 1.29 is 18.3 Å². The molecule has 0 aliphatic rings. The van der Waals surface area contributed by atoms with E-state index in [1.807, 2.05) is 6.92 Å². The first-order chi connectivity index (χ1) is 9.02. The Morgan fingerprint density at radius 2 is 1.89 bits per heavy atom. The topological polar surface area (TPSA) is 50.9 Å². The van der Waals surface area contributed by atoms with Crippen LogP contribution in [0.3, 0.4) is 0 Å². The fraction of sp³-hybridized carbons (Fsp3) is 0.333. The predicted molar refractivity (Wildman–Crippen MR) is 60.7 cm³/mol. The minimum Gasteiger partial charge on any atom is -0.388 e. The molecule has 19 heavy (non-hydrogen) atoms. The van der Waals surface area contributed by atoms with Gasteiger partial charge in [-0.3, -0.25) is 4.68 Å². The molecule has 0 spiro atoms. The summed E-state index contributed by atoms with van der Waals surface area (Å²) >= 11 is 0. The van der Waals surface area contributed by atoms with Crippen LogP contribution in [-0.4, -0.2) is 19.9 Å². The van der Waals surface area contributed by atoms with Crippen LogP contribution in [0.1, 0.15) is 24.4 Å². The minimum absolute atomic E-state index is 0.104. The van der Waals surface area contributed by atoms with Crippen LogP contribution in [-0.2, 0) is 13.0 Å². The number of rotatable bonds is 4. The van der Waals surface area contributed by atoms with E-state index in [4.69, 9.17) is 0 Å². The van der Waals surface area contributed by atoms with Gasteiger partial charge >= 0.3 is 0 Å². The Labute approximate surface area is 107 Å². The van der Waals surface area contributed by atoms with Crippen LogP contribution < -0.4 is 0 Å². The molecule has 0 saturated heterocycles. The third-order valence-corrected chi connectivity index (χ3v) is 2.75. The third-order valence-electron chi connectivity index (χ3n) is 2.75. The highest BCUT2D eigenvalue weighted by molar-refractivity contribution is 5.23. The number of aliphatic hydroxyl groups is 1.